The molecule has 0 spiro atoms. The molecule has 2 atom stereocenters. The summed E-state index contributed by atoms with van der Waals surface area (Å²) in [6.45, 7) is 0.738. The highest BCUT2D eigenvalue weighted by atomic mass is 35.5. The molecule has 3 heterocycles. The third-order valence-corrected chi connectivity index (χ3v) is 7.89. The van der Waals surface area contributed by atoms with Crippen molar-refractivity contribution in [3.05, 3.63) is 82.5 Å². The fourth-order valence-electron chi connectivity index (χ4n) is 5.48. The zero-order chi connectivity index (χ0) is 28.8. The molecule has 11 heteroatoms. The molecule has 2 amide bonds. The van der Waals surface area contributed by atoms with E-state index in [9.17, 15) is 18.8 Å². The van der Waals surface area contributed by atoms with Gasteiger partial charge < -0.3 is 10.2 Å². The van der Waals surface area contributed by atoms with E-state index in [1.165, 1.54) is 30.1 Å². The van der Waals surface area contributed by atoms with Crippen LogP contribution in [0.4, 0.5) is 14.5 Å². The van der Waals surface area contributed by atoms with Crippen molar-refractivity contribution in [3.63, 3.8) is 0 Å². The van der Waals surface area contributed by atoms with Gasteiger partial charge in [-0.2, -0.15) is 5.10 Å². The van der Waals surface area contributed by atoms with Gasteiger partial charge in [0, 0.05) is 36.1 Å². The largest absolute Gasteiger partial charge is 0.326 e. The maximum absolute atomic E-state index is 15.7. The van der Waals surface area contributed by atoms with Crippen LogP contribution in [0.3, 0.4) is 0 Å². The van der Waals surface area contributed by atoms with Gasteiger partial charge in [0.25, 0.3) is 0 Å². The van der Waals surface area contributed by atoms with E-state index < -0.39 is 29.8 Å². The van der Waals surface area contributed by atoms with E-state index in [0.29, 0.717) is 21.5 Å². The summed E-state index contributed by atoms with van der Waals surface area (Å²) in [5, 5.41) is 7.75. The van der Waals surface area contributed by atoms with Crippen molar-refractivity contribution in [2.75, 3.05) is 11.9 Å². The van der Waals surface area contributed by atoms with Crippen molar-refractivity contribution in [2.45, 2.75) is 38.5 Å². The molecule has 0 saturated carbocycles. The molecule has 0 unspecified atom stereocenters. The number of carbonyl (C=O) groups excluding carboxylic acids is 3. The van der Waals surface area contributed by atoms with Gasteiger partial charge >= 0.3 is 0 Å². The number of pyridine rings is 1. The van der Waals surface area contributed by atoms with Gasteiger partial charge in [-0.05, 0) is 29.7 Å². The normalized spacial score (nSPS) is 17.7. The van der Waals surface area contributed by atoms with Gasteiger partial charge in [0.2, 0.25) is 11.8 Å². The van der Waals surface area contributed by atoms with Crippen molar-refractivity contribution in [3.8, 4) is 11.1 Å². The Bertz CT molecular complexity index is 1770. The number of rotatable bonds is 6. The lowest BCUT2D eigenvalue weighted by molar-refractivity contribution is -0.137. The molecule has 1 fully saturated rings. The predicted octanol–water partition coefficient (Wildman–Crippen LogP) is 5.24. The standard InChI is InChI=1S/C30H24ClF2N5O3/c1-16(39)29-22-10-11-34-13-25(22)38(36-29)15-26(40)37-14-18(32)12-24(37)30(41)35-23-7-3-6-21(28(23)33)20-9-8-17-4-2-5-19(17)27(20)31/h2-3,5-11,13,18,24H,4,12,14-15H2,1H3,(H,35,41)/t18-,24+/m1/s1. The van der Waals surface area contributed by atoms with Gasteiger partial charge in [-0.25, -0.2) is 8.78 Å². The zero-order valence-corrected chi connectivity index (χ0v) is 22.7. The smallest absolute Gasteiger partial charge is 0.247 e. The predicted molar refractivity (Wildman–Crippen MR) is 151 cm³/mol. The van der Waals surface area contributed by atoms with Crippen LogP contribution in [0.15, 0.2) is 54.9 Å². The third-order valence-electron chi connectivity index (χ3n) is 7.48. The van der Waals surface area contributed by atoms with Gasteiger partial charge in [-0.3, -0.25) is 24.0 Å². The number of carbonyl (C=O) groups is 3. The van der Waals surface area contributed by atoms with Gasteiger partial charge in [0.15, 0.2) is 11.6 Å². The van der Waals surface area contributed by atoms with E-state index in [0.717, 1.165) is 22.4 Å². The Morgan fingerprint density at radius 3 is 2.78 bits per heavy atom. The molecular weight excluding hydrogens is 552 g/mol. The summed E-state index contributed by atoms with van der Waals surface area (Å²) in [6.07, 6.45) is 5.95. The second-order valence-electron chi connectivity index (χ2n) is 10.1. The molecule has 0 radical (unpaired) electrons. The molecule has 41 heavy (non-hydrogen) atoms. The fourth-order valence-corrected chi connectivity index (χ4v) is 5.83. The third kappa shape index (κ3) is 4.78. The molecule has 1 aliphatic heterocycles. The van der Waals surface area contributed by atoms with Crippen molar-refractivity contribution < 1.29 is 23.2 Å². The first-order chi connectivity index (χ1) is 19.7. The molecule has 0 bridgehead atoms. The number of allylic oxidation sites excluding steroid dienone is 1. The number of benzene rings is 2. The van der Waals surface area contributed by atoms with Crippen LogP contribution >= 0.6 is 11.6 Å². The number of halogens is 3. The van der Waals surface area contributed by atoms with Crippen LogP contribution in [0.25, 0.3) is 28.1 Å². The minimum Gasteiger partial charge on any atom is -0.326 e. The second-order valence-corrected chi connectivity index (χ2v) is 10.5. The van der Waals surface area contributed by atoms with Crippen LogP contribution in [-0.4, -0.2) is 56.0 Å². The summed E-state index contributed by atoms with van der Waals surface area (Å²) < 4.78 is 31.6. The minimum atomic E-state index is -1.44. The highest BCUT2D eigenvalue weighted by Gasteiger charge is 2.40. The summed E-state index contributed by atoms with van der Waals surface area (Å²) in [6, 6.07) is 8.65. The zero-order valence-electron chi connectivity index (χ0n) is 21.9. The highest BCUT2D eigenvalue weighted by Crippen LogP contribution is 2.38. The number of anilines is 1. The number of nitrogens with one attached hydrogen (secondary N) is 1. The minimum absolute atomic E-state index is 0.107. The Labute approximate surface area is 238 Å². The average molecular weight is 576 g/mol. The molecule has 1 saturated heterocycles. The Kier molecular flexibility index (Phi) is 6.86. The summed E-state index contributed by atoms with van der Waals surface area (Å²) >= 11 is 6.59. The summed E-state index contributed by atoms with van der Waals surface area (Å²) in [5.74, 6) is -2.25. The molecule has 8 nitrogen and oxygen atoms in total. The SMILES string of the molecule is CC(=O)c1nn(CC(=O)N2C[C@H](F)C[C@H]2C(=O)Nc2cccc(-c3ccc4c(c3Cl)C=CC4)c2F)c2cnccc12. The maximum atomic E-state index is 15.7. The molecule has 2 aromatic heterocycles. The van der Waals surface area contributed by atoms with Crippen LogP contribution in [0.5, 0.6) is 0 Å². The van der Waals surface area contributed by atoms with E-state index in [4.69, 9.17) is 11.6 Å². The fraction of sp³-hybridized carbons (Fsp3) is 0.233. The average Bonchev–Trinajstić information content (AvgIpc) is 3.68. The van der Waals surface area contributed by atoms with E-state index in [-0.39, 0.29) is 42.2 Å². The Hall–Kier alpha value is -4.44. The number of alkyl halides is 1. The van der Waals surface area contributed by atoms with Gasteiger partial charge in [-0.15, -0.1) is 0 Å². The lowest BCUT2D eigenvalue weighted by Gasteiger charge is -2.24. The number of nitrogens with zero attached hydrogens (tertiary/aromatic N) is 4. The number of ketones is 1. The topological polar surface area (TPSA) is 97.2 Å². The van der Waals surface area contributed by atoms with E-state index in [2.05, 4.69) is 15.4 Å². The van der Waals surface area contributed by atoms with Crippen molar-refractivity contribution in [1.82, 2.24) is 19.7 Å². The van der Waals surface area contributed by atoms with Crippen LogP contribution in [0, 0.1) is 5.82 Å². The van der Waals surface area contributed by atoms with Crippen LogP contribution in [0.1, 0.15) is 35.0 Å². The van der Waals surface area contributed by atoms with Crippen LogP contribution < -0.4 is 5.32 Å². The monoisotopic (exact) mass is 575 g/mol. The number of fused-ring (bicyclic) bond motifs is 2. The number of hydrogen-bond acceptors (Lipinski definition) is 5. The highest BCUT2D eigenvalue weighted by molar-refractivity contribution is 6.35. The molecule has 2 aromatic carbocycles. The number of aromatic nitrogens is 3. The summed E-state index contributed by atoms with van der Waals surface area (Å²) in [7, 11) is 0. The van der Waals surface area contributed by atoms with E-state index >= 15 is 4.39 Å². The summed E-state index contributed by atoms with van der Waals surface area (Å²) in [4.78, 5) is 43.8. The quantitative estimate of drug-likeness (QED) is 0.317. The first kappa shape index (κ1) is 26.8. The molecule has 6 rings (SSSR count). The molecule has 208 valence electrons. The van der Waals surface area contributed by atoms with Crippen LogP contribution in [0.2, 0.25) is 5.02 Å². The van der Waals surface area contributed by atoms with Crippen LogP contribution in [-0.2, 0) is 22.6 Å². The number of amides is 2. The lowest BCUT2D eigenvalue weighted by Crippen LogP contribution is -2.44. The first-order valence-electron chi connectivity index (χ1n) is 13.1. The van der Waals surface area contributed by atoms with Gasteiger partial charge in [-0.1, -0.05) is 48.0 Å². The van der Waals surface area contributed by atoms with Crippen molar-refractivity contribution in [1.29, 1.82) is 0 Å². The van der Waals surface area contributed by atoms with E-state index in [1.807, 2.05) is 18.2 Å². The number of likely N-dealkylation sites (tertiary alicyclic amines) is 1. The Morgan fingerprint density at radius 1 is 1.15 bits per heavy atom. The first-order valence-corrected chi connectivity index (χ1v) is 13.4. The van der Waals surface area contributed by atoms with Gasteiger partial charge in [0.1, 0.15) is 24.5 Å². The van der Waals surface area contributed by atoms with Gasteiger partial charge in [0.05, 0.1) is 29.0 Å². The molecule has 2 aliphatic rings. The molecule has 1 N–H and O–H groups in total. The van der Waals surface area contributed by atoms with Crippen molar-refractivity contribution in [2.24, 2.45) is 0 Å². The lowest BCUT2D eigenvalue weighted by atomic mass is 9.99. The maximum Gasteiger partial charge on any atom is 0.247 e. The summed E-state index contributed by atoms with van der Waals surface area (Å²) in [5.41, 5.74) is 3.11. The molecule has 1 aliphatic carbocycles. The number of Topliss-reactive ketones (excluding diaryl/α,β-unsaturated/α-hetero) is 1. The van der Waals surface area contributed by atoms with E-state index in [1.54, 1.807) is 24.3 Å². The molecule has 4 aromatic rings. The Morgan fingerprint density at radius 2 is 1.98 bits per heavy atom. The molecular formula is C30H24ClF2N5O3. The number of hydrogen-bond donors (Lipinski definition) is 1. The Balaban J connectivity index is 1.24. The van der Waals surface area contributed by atoms with Crippen molar-refractivity contribution >= 4 is 51.9 Å². The second kappa shape index (κ2) is 10.5.